The molecular weight excluding hydrogens is 392 g/mol. The molecule has 9 heteroatoms. The van der Waals surface area contributed by atoms with Crippen molar-refractivity contribution < 1.29 is 17.9 Å². The average Bonchev–Trinajstić information content (AvgIpc) is 2.69. The average molecular weight is 421 g/mol. The van der Waals surface area contributed by atoms with Gasteiger partial charge in [-0.25, -0.2) is 13.4 Å². The third-order valence-electron chi connectivity index (χ3n) is 4.78. The van der Waals surface area contributed by atoms with E-state index in [9.17, 15) is 8.42 Å². The fraction of sp³-hybridized carbons (Fsp3) is 0.500. The Hall–Kier alpha value is -2.39. The maximum absolute atomic E-state index is 11.4. The number of nitrogens with zero attached hydrogens (tertiary/aromatic N) is 2. The molecule has 0 unspecified atom stereocenters. The predicted octanol–water partition coefficient (Wildman–Crippen LogP) is 2.26. The maximum Gasteiger partial charge on any atom is 0.204 e. The van der Waals surface area contributed by atoms with E-state index in [1.165, 1.54) is 6.26 Å². The molecule has 0 saturated carbocycles. The van der Waals surface area contributed by atoms with Crippen LogP contribution in [0.2, 0.25) is 0 Å². The van der Waals surface area contributed by atoms with Crippen molar-refractivity contribution in [2.75, 3.05) is 37.5 Å². The summed E-state index contributed by atoms with van der Waals surface area (Å²) in [7, 11) is -1.43. The zero-order chi connectivity index (χ0) is 20.9. The minimum absolute atomic E-state index is 0.0810. The van der Waals surface area contributed by atoms with Crippen molar-refractivity contribution in [2.24, 2.45) is 0 Å². The zero-order valence-electron chi connectivity index (χ0n) is 17.1. The molecule has 0 atom stereocenters. The Morgan fingerprint density at radius 1 is 1.24 bits per heavy atom. The van der Waals surface area contributed by atoms with Gasteiger partial charge >= 0.3 is 0 Å². The summed E-state index contributed by atoms with van der Waals surface area (Å²) in [5.41, 5.74) is 2.27. The van der Waals surface area contributed by atoms with Gasteiger partial charge in [0, 0.05) is 30.6 Å². The molecule has 3 heterocycles. The lowest BCUT2D eigenvalue weighted by Gasteiger charge is -2.25. The van der Waals surface area contributed by atoms with Crippen molar-refractivity contribution in [3.8, 4) is 11.5 Å². The second-order valence-corrected chi connectivity index (χ2v) is 9.46. The number of methoxy groups -OCH3 is 1. The van der Waals surface area contributed by atoms with E-state index in [0.29, 0.717) is 23.7 Å². The Morgan fingerprint density at radius 3 is 2.66 bits per heavy atom. The van der Waals surface area contributed by atoms with E-state index >= 15 is 0 Å². The number of sulfone groups is 1. The quantitative estimate of drug-likeness (QED) is 0.670. The van der Waals surface area contributed by atoms with Crippen LogP contribution in [0, 0.1) is 6.92 Å². The summed E-state index contributed by atoms with van der Waals surface area (Å²) in [6, 6.07) is 5.51. The molecule has 1 aliphatic heterocycles. The van der Waals surface area contributed by atoms with Crippen LogP contribution < -0.4 is 20.1 Å². The van der Waals surface area contributed by atoms with Crippen LogP contribution in [0.25, 0.3) is 0 Å². The van der Waals surface area contributed by atoms with Crippen LogP contribution in [0.3, 0.4) is 0 Å². The van der Waals surface area contributed by atoms with Crippen molar-refractivity contribution in [3.05, 3.63) is 35.8 Å². The molecule has 2 aromatic heterocycles. The first-order valence-electron chi connectivity index (χ1n) is 9.67. The Balaban J connectivity index is 1.76. The van der Waals surface area contributed by atoms with Gasteiger partial charge in [-0.3, -0.25) is 4.98 Å². The molecule has 1 aliphatic rings. The summed E-state index contributed by atoms with van der Waals surface area (Å²) in [4.78, 5) is 8.91. The van der Waals surface area contributed by atoms with E-state index in [0.717, 1.165) is 43.0 Å². The molecule has 8 nitrogen and oxygen atoms in total. The molecule has 0 spiro atoms. The van der Waals surface area contributed by atoms with Gasteiger partial charge < -0.3 is 20.1 Å². The summed E-state index contributed by atoms with van der Waals surface area (Å²) >= 11 is 0. The number of hydrogen-bond donors (Lipinski definition) is 2. The fourth-order valence-electron chi connectivity index (χ4n) is 3.20. The van der Waals surface area contributed by atoms with Gasteiger partial charge in [0.05, 0.1) is 24.2 Å². The third-order valence-corrected chi connectivity index (χ3v) is 5.72. The Morgan fingerprint density at radius 2 is 2.00 bits per heavy atom. The molecule has 3 rings (SSSR count). The lowest BCUT2D eigenvalue weighted by Crippen LogP contribution is -2.34. The molecule has 1 saturated heterocycles. The number of hydrogen-bond acceptors (Lipinski definition) is 8. The van der Waals surface area contributed by atoms with E-state index in [2.05, 4.69) is 20.6 Å². The lowest BCUT2D eigenvalue weighted by atomic mass is 10.1. The van der Waals surface area contributed by atoms with E-state index in [1.54, 1.807) is 13.3 Å². The highest BCUT2D eigenvalue weighted by Gasteiger charge is 2.19. The summed E-state index contributed by atoms with van der Waals surface area (Å²) in [5.74, 6) is 1.84. The number of anilines is 2. The topological polar surface area (TPSA) is 102 Å². The predicted molar refractivity (Wildman–Crippen MR) is 113 cm³/mol. The Bertz CT molecular complexity index is 943. The van der Waals surface area contributed by atoms with Crippen LogP contribution in [-0.2, 0) is 16.3 Å². The highest BCUT2D eigenvalue weighted by molar-refractivity contribution is 7.90. The summed E-state index contributed by atoms with van der Waals surface area (Å²) in [6.45, 7) is 3.76. The fourth-order valence-corrected chi connectivity index (χ4v) is 3.78. The van der Waals surface area contributed by atoms with Crippen molar-refractivity contribution in [1.29, 1.82) is 0 Å². The molecule has 158 valence electrons. The number of aromatic nitrogens is 2. The molecule has 0 aliphatic carbocycles. The first-order chi connectivity index (χ1) is 13.9. The number of ether oxygens (including phenoxy) is 2. The molecule has 0 radical (unpaired) electrons. The molecule has 0 aromatic carbocycles. The molecule has 0 amide bonds. The highest BCUT2D eigenvalue weighted by atomic mass is 32.2. The SMILES string of the molecule is COc1c(OC2CCNCC2)ccnc1Nc1ccc(CCS(C)(=O)=O)nc1C. The second kappa shape index (κ2) is 9.41. The molecule has 29 heavy (non-hydrogen) atoms. The molecule has 0 bridgehead atoms. The van der Waals surface area contributed by atoms with Crippen molar-refractivity contribution in [2.45, 2.75) is 32.3 Å². The van der Waals surface area contributed by atoms with Gasteiger partial charge in [-0.05, 0) is 45.0 Å². The second-order valence-electron chi connectivity index (χ2n) is 7.20. The molecule has 2 aromatic rings. The van der Waals surface area contributed by atoms with E-state index in [1.807, 2.05) is 25.1 Å². The number of piperidine rings is 1. The van der Waals surface area contributed by atoms with Crippen LogP contribution in [0.15, 0.2) is 24.4 Å². The van der Waals surface area contributed by atoms with Gasteiger partial charge in [-0.2, -0.15) is 0 Å². The first kappa shape index (κ1) is 21.3. The van der Waals surface area contributed by atoms with Crippen molar-refractivity contribution in [1.82, 2.24) is 15.3 Å². The van der Waals surface area contributed by atoms with Crippen molar-refractivity contribution in [3.63, 3.8) is 0 Å². The Kier molecular flexibility index (Phi) is 6.92. The van der Waals surface area contributed by atoms with E-state index in [4.69, 9.17) is 9.47 Å². The van der Waals surface area contributed by atoms with Crippen molar-refractivity contribution >= 4 is 21.3 Å². The minimum Gasteiger partial charge on any atom is -0.490 e. The van der Waals surface area contributed by atoms with Gasteiger partial charge in [-0.1, -0.05) is 0 Å². The third kappa shape index (κ3) is 6.04. The standard InChI is InChI=1S/C20H28N4O4S/c1-14-17(5-4-15(23-14)9-13-29(3,25)26)24-20-19(27-2)18(8-12-22-20)28-16-6-10-21-11-7-16/h4-5,8,12,16,21H,6-7,9-11,13H2,1-3H3,(H,22,24). The zero-order valence-corrected chi connectivity index (χ0v) is 17.9. The number of pyridine rings is 2. The smallest absolute Gasteiger partial charge is 0.204 e. The highest BCUT2D eigenvalue weighted by Crippen LogP contribution is 2.36. The van der Waals surface area contributed by atoms with Gasteiger partial charge in [-0.15, -0.1) is 0 Å². The first-order valence-corrected chi connectivity index (χ1v) is 11.7. The number of aryl methyl sites for hydroxylation is 2. The normalized spacial score (nSPS) is 15.1. The van der Waals surface area contributed by atoms with Gasteiger partial charge in [0.2, 0.25) is 5.75 Å². The van der Waals surface area contributed by atoms with E-state index in [-0.39, 0.29) is 11.9 Å². The lowest BCUT2D eigenvalue weighted by molar-refractivity contribution is 0.156. The van der Waals surface area contributed by atoms with Crippen LogP contribution in [0.4, 0.5) is 11.5 Å². The van der Waals surface area contributed by atoms with Gasteiger partial charge in [0.1, 0.15) is 15.9 Å². The van der Waals surface area contributed by atoms with Gasteiger partial charge in [0.15, 0.2) is 11.6 Å². The van der Waals surface area contributed by atoms with E-state index < -0.39 is 9.84 Å². The largest absolute Gasteiger partial charge is 0.490 e. The summed E-state index contributed by atoms with van der Waals surface area (Å²) < 4.78 is 34.5. The number of rotatable bonds is 8. The van der Waals surface area contributed by atoms with Crippen LogP contribution in [-0.4, -0.2) is 56.7 Å². The maximum atomic E-state index is 11.4. The Labute approximate surface area is 172 Å². The molecular formula is C20H28N4O4S. The molecule has 1 fully saturated rings. The van der Waals surface area contributed by atoms with Crippen LogP contribution in [0.5, 0.6) is 11.5 Å². The van der Waals surface area contributed by atoms with Crippen LogP contribution in [0.1, 0.15) is 24.2 Å². The number of nitrogens with one attached hydrogen (secondary N) is 2. The van der Waals surface area contributed by atoms with Gasteiger partial charge in [0.25, 0.3) is 0 Å². The summed E-state index contributed by atoms with van der Waals surface area (Å²) in [6.07, 6.45) is 5.36. The molecule has 2 N–H and O–H groups in total. The minimum atomic E-state index is -3.02. The monoisotopic (exact) mass is 420 g/mol. The van der Waals surface area contributed by atoms with Crippen LogP contribution >= 0.6 is 0 Å². The summed E-state index contributed by atoms with van der Waals surface area (Å²) in [5, 5.41) is 6.58.